The van der Waals surface area contributed by atoms with Crippen LogP contribution >= 0.6 is 34.7 Å². The molecule has 0 fully saturated rings. The van der Waals surface area contributed by atoms with Gasteiger partial charge < -0.3 is 5.11 Å². The van der Waals surface area contributed by atoms with Gasteiger partial charge in [0.2, 0.25) is 5.16 Å². The van der Waals surface area contributed by atoms with Crippen molar-refractivity contribution in [2.24, 2.45) is 5.10 Å². The number of carboxylic acids is 1. The molecular weight excluding hydrogens is 380 g/mol. The average molecular weight is 391 g/mol. The van der Waals surface area contributed by atoms with E-state index in [1.807, 2.05) is 29.6 Å². The zero-order chi connectivity index (χ0) is 17.4. The van der Waals surface area contributed by atoms with Crippen LogP contribution in [0.3, 0.4) is 0 Å². The Hall–Kier alpha value is -2.16. The van der Waals surface area contributed by atoms with E-state index in [2.05, 4.69) is 15.3 Å². The first-order chi connectivity index (χ1) is 12.1. The summed E-state index contributed by atoms with van der Waals surface area (Å²) in [6, 6.07) is 11.1. The number of rotatable bonds is 4. The molecule has 9 heteroatoms. The number of carbonyl (C=O) groups is 1. The highest BCUT2D eigenvalue weighted by Crippen LogP contribution is 2.35. The Labute approximate surface area is 156 Å². The number of thioether (sulfide) groups is 1. The second-order valence-electron chi connectivity index (χ2n) is 5.29. The predicted octanol–water partition coefficient (Wildman–Crippen LogP) is 3.86. The molecule has 6 nitrogen and oxygen atoms in total. The lowest BCUT2D eigenvalue weighted by molar-refractivity contribution is -0.136. The number of halogens is 1. The molecule has 126 valence electrons. The molecule has 1 atom stereocenters. The highest BCUT2D eigenvalue weighted by molar-refractivity contribution is 8.00. The lowest BCUT2D eigenvalue weighted by atomic mass is 10.1. The number of benzene rings is 1. The van der Waals surface area contributed by atoms with Gasteiger partial charge in [0, 0.05) is 10.6 Å². The van der Waals surface area contributed by atoms with Crippen LogP contribution < -0.4 is 0 Å². The number of aliphatic carboxylic acids is 1. The number of carboxylic acid groups (broad SMARTS) is 1. The molecular formula is C16H11ClN4O2S2. The monoisotopic (exact) mass is 390 g/mol. The van der Waals surface area contributed by atoms with E-state index in [1.54, 1.807) is 16.8 Å². The van der Waals surface area contributed by atoms with Gasteiger partial charge in [-0.1, -0.05) is 29.4 Å². The minimum atomic E-state index is -0.868. The molecule has 1 N–H and O–H groups in total. The Kier molecular flexibility index (Phi) is 4.32. The van der Waals surface area contributed by atoms with Gasteiger partial charge in [-0.3, -0.25) is 4.79 Å². The third-order valence-electron chi connectivity index (χ3n) is 3.61. The highest BCUT2D eigenvalue weighted by Gasteiger charge is 2.31. The lowest BCUT2D eigenvalue weighted by Crippen LogP contribution is -2.26. The van der Waals surface area contributed by atoms with E-state index in [1.165, 1.54) is 23.1 Å². The predicted molar refractivity (Wildman–Crippen MR) is 98.6 cm³/mol. The second-order valence-corrected chi connectivity index (χ2v) is 7.85. The van der Waals surface area contributed by atoms with E-state index in [0.29, 0.717) is 16.0 Å². The minimum absolute atomic E-state index is 0.0233. The van der Waals surface area contributed by atoms with Crippen molar-refractivity contribution in [3.05, 3.63) is 51.7 Å². The zero-order valence-corrected chi connectivity index (χ0v) is 15.1. The summed E-state index contributed by atoms with van der Waals surface area (Å²) in [7, 11) is 0. The maximum absolute atomic E-state index is 11.2. The first kappa shape index (κ1) is 16.3. The fourth-order valence-corrected chi connectivity index (χ4v) is 4.54. The summed E-state index contributed by atoms with van der Waals surface area (Å²) < 4.78 is 1.67. The maximum Gasteiger partial charge on any atom is 0.304 e. The number of nitrogens with zero attached hydrogens (tertiary/aromatic N) is 4. The molecule has 25 heavy (non-hydrogen) atoms. The van der Waals surface area contributed by atoms with Gasteiger partial charge in [0.15, 0.2) is 5.82 Å². The quantitative estimate of drug-likeness (QED) is 0.731. The van der Waals surface area contributed by atoms with Crippen molar-refractivity contribution < 1.29 is 9.90 Å². The van der Waals surface area contributed by atoms with Gasteiger partial charge in [0.1, 0.15) is 0 Å². The molecule has 0 unspecified atom stereocenters. The number of aromatic nitrogens is 3. The molecule has 0 radical (unpaired) electrons. The summed E-state index contributed by atoms with van der Waals surface area (Å²) in [4.78, 5) is 12.2. The van der Waals surface area contributed by atoms with E-state index in [0.717, 1.165) is 16.2 Å². The minimum Gasteiger partial charge on any atom is -0.481 e. The summed E-state index contributed by atoms with van der Waals surface area (Å²) in [6.07, 6.45) is -0.0233. The van der Waals surface area contributed by atoms with E-state index < -0.39 is 5.97 Å². The van der Waals surface area contributed by atoms with Crippen LogP contribution in [0.5, 0.6) is 0 Å². The van der Waals surface area contributed by atoms with Gasteiger partial charge in [-0.15, -0.1) is 21.5 Å². The molecule has 0 amide bonds. The Morgan fingerprint density at radius 3 is 2.72 bits per heavy atom. The van der Waals surface area contributed by atoms with E-state index in [-0.39, 0.29) is 11.7 Å². The van der Waals surface area contributed by atoms with Crippen molar-refractivity contribution in [1.82, 2.24) is 14.9 Å². The van der Waals surface area contributed by atoms with Crippen LogP contribution in [0.25, 0.3) is 11.4 Å². The molecule has 0 aliphatic carbocycles. The van der Waals surface area contributed by atoms with Crippen LogP contribution in [-0.4, -0.2) is 36.9 Å². The number of hydrogen-bond acceptors (Lipinski definition) is 6. The van der Waals surface area contributed by atoms with Crippen LogP contribution in [0, 0.1) is 0 Å². The summed E-state index contributed by atoms with van der Waals surface area (Å²) in [5.41, 5.74) is 1.57. The first-order valence-corrected chi connectivity index (χ1v) is 9.48. The molecule has 0 saturated carbocycles. The largest absolute Gasteiger partial charge is 0.481 e. The van der Waals surface area contributed by atoms with Crippen molar-refractivity contribution in [2.45, 2.75) is 16.8 Å². The van der Waals surface area contributed by atoms with Crippen molar-refractivity contribution in [3.8, 4) is 11.4 Å². The molecule has 1 aliphatic rings. The van der Waals surface area contributed by atoms with Gasteiger partial charge in [-0.2, -0.15) is 9.78 Å². The Balaban J connectivity index is 1.81. The first-order valence-electron chi connectivity index (χ1n) is 7.34. The molecule has 0 spiro atoms. The van der Waals surface area contributed by atoms with Gasteiger partial charge in [-0.25, -0.2) is 0 Å². The standard InChI is InChI=1S/C16H11ClN4O2S2/c17-10-5-3-9(4-6-10)15-18-19-16-21(15)20-14(11-2-1-7-24-11)12(25-16)8-13(22)23/h1-7,12H,8H2,(H,22,23)/t12-/m0/s1. The fourth-order valence-electron chi connectivity index (χ4n) is 2.49. The highest BCUT2D eigenvalue weighted by atomic mass is 35.5. The zero-order valence-electron chi connectivity index (χ0n) is 12.7. The number of hydrogen-bond donors (Lipinski definition) is 1. The molecule has 1 aliphatic heterocycles. The van der Waals surface area contributed by atoms with Crippen LogP contribution in [-0.2, 0) is 4.79 Å². The number of thiophene rings is 1. The lowest BCUT2D eigenvalue weighted by Gasteiger charge is -2.21. The SMILES string of the molecule is O=C(O)C[C@@H]1Sc2nnc(-c3ccc(Cl)cc3)n2N=C1c1cccs1. The molecule has 0 bridgehead atoms. The van der Waals surface area contributed by atoms with Crippen molar-refractivity contribution in [3.63, 3.8) is 0 Å². The van der Waals surface area contributed by atoms with E-state index >= 15 is 0 Å². The molecule has 1 aromatic carbocycles. The van der Waals surface area contributed by atoms with Gasteiger partial charge in [0.05, 0.1) is 22.3 Å². The topological polar surface area (TPSA) is 80.4 Å². The van der Waals surface area contributed by atoms with Crippen molar-refractivity contribution in [2.75, 3.05) is 0 Å². The summed E-state index contributed by atoms with van der Waals surface area (Å²) in [5, 5.41) is 25.2. The normalized spacial score (nSPS) is 16.4. The Morgan fingerprint density at radius 1 is 1.24 bits per heavy atom. The van der Waals surface area contributed by atoms with Gasteiger partial charge >= 0.3 is 5.97 Å². The van der Waals surface area contributed by atoms with Gasteiger partial charge in [-0.05, 0) is 35.7 Å². The Morgan fingerprint density at radius 2 is 2.04 bits per heavy atom. The molecule has 3 heterocycles. The number of fused-ring (bicyclic) bond motifs is 1. The summed E-state index contributed by atoms with van der Waals surface area (Å²) in [5.74, 6) is -0.269. The van der Waals surface area contributed by atoms with Crippen LogP contribution in [0.1, 0.15) is 11.3 Å². The maximum atomic E-state index is 11.2. The Bertz CT molecular complexity index is 951. The van der Waals surface area contributed by atoms with Gasteiger partial charge in [0.25, 0.3) is 0 Å². The summed E-state index contributed by atoms with van der Waals surface area (Å²) in [6.45, 7) is 0. The third kappa shape index (κ3) is 3.20. The fraction of sp³-hybridized carbons (Fsp3) is 0.125. The third-order valence-corrected chi connectivity index (χ3v) is 5.89. The van der Waals surface area contributed by atoms with E-state index in [4.69, 9.17) is 11.6 Å². The van der Waals surface area contributed by atoms with Crippen molar-refractivity contribution >= 4 is 46.4 Å². The van der Waals surface area contributed by atoms with E-state index in [9.17, 15) is 9.90 Å². The average Bonchev–Trinajstić information content (AvgIpc) is 3.23. The van der Waals surface area contributed by atoms with Crippen LogP contribution in [0.2, 0.25) is 5.02 Å². The summed E-state index contributed by atoms with van der Waals surface area (Å²) >= 11 is 8.85. The smallest absolute Gasteiger partial charge is 0.304 e. The second kappa shape index (κ2) is 6.62. The van der Waals surface area contributed by atoms with Crippen LogP contribution in [0.15, 0.2) is 52.0 Å². The molecule has 3 aromatic rings. The molecule has 2 aromatic heterocycles. The van der Waals surface area contributed by atoms with Crippen LogP contribution in [0.4, 0.5) is 0 Å². The van der Waals surface area contributed by atoms with Crippen molar-refractivity contribution in [1.29, 1.82) is 0 Å². The molecule has 0 saturated heterocycles. The molecule has 4 rings (SSSR count).